The van der Waals surface area contributed by atoms with Gasteiger partial charge in [0.1, 0.15) is 0 Å². The Kier molecular flexibility index (Phi) is 2.74. The van der Waals surface area contributed by atoms with Crippen molar-refractivity contribution in [2.45, 2.75) is 12.8 Å². The van der Waals surface area contributed by atoms with Gasteiger partial charge in [0.25, 0.3) is 0 Å². The molecule has 0 fully saturated rings. The summed E-state index contributed by atoms with van der Waals surface area (Å²) in [5.41, 5.74) is 3.72. The smallest absolute Gasteiger partial charge is 0.0462 e. The summed E-state index contributed by atoms with van der Waals surface area (Å²) in [6.45, 7) is 2.22. The van der Waals surface area contributed by atoms with Crippen LogP contribution in [-0.4, -0.2) is 9.97 Å². The monoisotopic (exact) mass is 272 g/mol. The summed E-state index contributed by atoms with van der Waals surface area (Å²) in [6, 6.07) is 19.3. The number of nitrogens with one attached hydrogen (secondary N) is 1. The van der Waals surface area contributed by atoms with E-state index < -0.39 is 0 Å². The van der Waals surface area contributed by atoms with Gasteiger partial charge in [-0.1, -0.05) is 37.3 Å². The third-order valence-corrected chi connectivity index (χ3v) is 4.22. The van der Waals surface area contributed by atoms with E-state index >= 15 is 0 Å². The second kappa shape index (κ2) is 4.74. The molecule has 102 valence electrons. The first-order valence-corrected chi connectivity index (χ1v) is 7.23. The highest BCUT2D eigenvalue weighted by Crippen LogP contribution is 2.30. The Bertz CT molecular complexity index is 907. The second-order valence-electron chi connectivity index (χ2n) is 5.47. The molecule has 0 aliphatic carbocycles. The summed E-state index contributed by atoms with van der Waals surface area (Å²) in [5.74, 6) is 0.333. The van der Waals surface area contributed by atoms with Crippen molar-refractivity contribution in [3.05, 3.63) is 78.2 Å². The van der Waals surface area contributed by atoms with Crippen LogP contribution in [0.5, 0.6) is 0 Å². The lowest BCUT2D eigenvalue weighted by Gasteiger charge is -2.09. The van der Waals surface area contributed by atoms with Gasteiger partial charge < -0.3 is 4.98 Å². The fraction of sp³-hybridized carbons (Fsp3) is 0.105. The Hall–Kier alpha value is -2.61. The fourth-order valence-corrected chi connectivity index (χ4v) is 2.97. The lowest BCUT2D eigenvalue weighted by molar-refractivity contribution is 0.884. The average Bonchev–Trinajstić information content (AvgIpc) is 2.99. The van der Waals surface area contributed by atoms with Gasteiger partial charge in [-0.2, -0.15) is 0 Å². The number of H-pyrrole nitrogens is 1. The Morgan fingerprint density at radius 3 is 2.57 bits per heavy atom. The van der Waals surface area contributed by atoms with Gasteiger partial charge >= 0.3 is 0 Å². The highest BCUT2D eigenvalue weighted by atomic mass is 14.7. The van der Waals surface area contributed by atoms with Crippen molar-refractivity contribution in [3.63, 3.8) is 0 Å². The number of hydrogen-bond donors (Lipinski definition) is 1. The number of rotatable bonds is 2. The van der Waals surface area contributed by atoms with Crippen LogP contribution in [-0.2, 0) is 0 Å². The number of hydrogen-bond acceptors (Lipinski definition) is 1. The molecule has 4 rings (SSSR count). The molecule has 2 aromatic heterocycles. The zero-order valence-corrected chi connectivity index (χ0v) is 11.9. The molecule has 0 aliphatic rings. The molecule has 21 heavy (non-hydrogen) atoms. The number of benzene rings is 2. The van der Waals surface area contributed by atoms with Crippen molar-refractivity contribution in [1.29, 1.82) is 0 Å². The van der Waals surface area contributed by atoms with E-state index in [4.69, 9.17) is 0 Å². The minimum Gasteiger partial charge on any atom is -0.358 e. The third-order valence-electron chi connectivity index (χ3n) is 4.22. The molecule has 2 aromatic carbocycles. The average molecular weight is 272 g/mol. The van der Waals surface area contributed by atoms with Gasteiger partial charge in [-0.05, 0) is 40.6 Å². The molecule has 1 atom stereocenters. The van der Waals surface area contributed by atoms with Gasteiger partial charge in [-0.25, -0.2) is 0 Å². The normalized spacial score (nSPS) is 12.8. The molecule has 0 saturated carbocycles. The first kappa shape index (κ1) is 12.2. The van der Waals surface area contributed by atoms with Crippen LogP contribution in [0.4, 0.5) is 0 Å². The van der Waals surface area contributed by atoms with Crippen LogP contribution in [0.1, 0.15) is 24.1 Å². The van der Waals surface area contributed by atoms with Crippen molar-refractivity contribution in [3.8, 4) is 0 Å². The zero-order chi connectivity index (χ0) is 14.2. The Labute approximate surface area is 123 Å². The van der Waals surface area contributed by atoms with Gasteiger partial charge in [0, 0.05) is 34.9 Å². The van der Waals surface area contributed by atoms with Crippen LogP contribution in [0, 0.1) is 0 Å². The molecule has 2 heteroatoms. The second-order valence-corrected chi connectivity index (χ2v) is 5.47. The maximum Gasteiger partial charge on any atom is 0.0462 e. The van der Waals surface area contributed by atoms with E-state index in [1.165, 1.54) is 32.9 Å². The summed E-state index contributed by atoms with van der Waals surface area (Å²) < 4.78 is 0. The maximum absolute atomic E-state index is 4.09. The highest BCUT2D eigenvalue weighted by molar-refractivity contribution is 6.06. The van der Waals surface area contributed by atoms with Gasteiger partial charge in [0.05, 0.1) is 0 Å². The summed E-state index contributed by atoms with van der Waals surface area (Å²) in [6.07, 6.45) is 3.70. The first-order valence-electron chi connectivity index (χ1n) is 7.23. The summed E-state index contributed by atoms with van der Waals surface area (Å²) in [4.78, 5) is 7.66. The first-order chi connectivity index (χ1) is 10.3. The zero-order valence-electron chi connectivity index (χ0n) is 11.9. The standard InChI is InChI=1S/C19H16N2/c1-13(14-8-10-20-11-9-14)19-12-17-16-5-3-2-4-15(16)6-7-18(17)21-19/h2-13,21H,1H3. The van der Waals surface area contributed by atoms with E-state index in [2.05, 4.69) is 71.5 Å². The molecule has 4 aromatic rings. The van der Waals surface area contributed by atoms with Crippen molar-refractivity contribution < 1.29 is 0 Å². The van der Waals surface area contributed by atoms with Gasteiger partial charge in [0.2, 0.25) is 0 Å². The Morgan fingerprint density at radius 2 is 1.71 bits per heavy atom. The van der Waals surface area contributed by atoms with Crippen molar-refractivity contribution in [1.82, 2.24) is 9.97 Å². The molecule has 2 heterocycles. The number of nitrogens with zero attached hydrogens (tertiary/aromatic N) is 1. The minimum atomic E-state index is 0.333. The molecule has 1 N–H and O–H groups in total. The van der Waals surface area contributed by atoms with Gasteiger partial charge in [-0.15, -0.1) is 0 Å². The van der Waals surface area contributed by atoms with Crippen LogP contribution < -0.4 is 0 Å². The fourth-order valence-electron chi connectivity index (χ4n) is 2.97. The molecule has 0 amide bonds. The molecular weight excluding hydrogens is 256 g/mol. The number of pyridine rings is 1. The topological polar surface area (TPSA) is 28.7 Å². The number of aromatic amines is 1. The third kappa shape index (κ3) is 2.00. The lowest BCUT2D eigenvalue weighted by atomic mass is 9.98. The predicted molar refractivity (Wildman–Crippen MR) is 87.6 cm³/mol. The molecule has 2 nitrogen and oxygen atoms in total. The van der Waals surface area contributed by atoms with Crippen molar-refractivity contribution in [2.24, 2.45) is 0 Å². The predicted octanol–water partition coefficient (Wildman–Crippen LogP) is 4.87. The summed E-state index contributed by atoms with van der Waals surface area (Å²) in [7, 11) is 0. The van der Waals surface area contributed by atoms with Crippen LogP contribution in [0.25, 0.3) is 21.7 Å². The number of aromatic nitrogens is 2. The van der Waals surface area contributed by atoms with Gasteiger partial charge in [-0.3, -0.25) is 4.98 Å². The molecule has 0 radical (unpaired) electrons. The summed E-state index contributed by atoms with van der Waals surface area (Å²) >= 11 is 0. The molecular formula is C19H16N2. The molecule has 0 bridgehead atoms. The lowest BCUT2D eigenvalue weighted by Crippen LogP contribution is -1.95. The molecule has 0 spiro atoms. The Balaban J connectivity index is 1.89. The van der Waals surface area contributed by atoms with Gasteiger partial charge in [0.15, 0.2) is 0 Å². The molecule has 1 unspecified atom stereocenters. The van der Waals surface area contributed by atoms with E-state index in [1.807, 2.05) is 12.4 Å². The van der Waals surface area contributed by atoms with E-state index in [1.54, 1.807) is 0 Å². The van der Waals surface area contributed by atoms with Crippen molar-refractivity contribution in [2.75, 3.05) is 0 Å². The van der Waals surface area contributed by atoms with Crippen molar-refractivity contribution >= 4 is 21.7 Å². The van der Waals surface area contributed by atoms with E-state index in [0.717, 1.165) is 0 Å². The summed E-state index contributed by atoms with van der Waals surface area (Å²) in [5, 5.41) is 3.88. The molecule has 0 aliphatic heterocycles. The number of fused-ring (bicyclic) bond motifs is 3. The SMILES string of the molecule is CC(c1ccncc1)c1cc2c(ccc3ccccc32)[nH]1. The van der Waals surface area contributed by atoms with E-state index in [0.29, 0.717) is 5.92 Å². The van der Waals surface area contributed by atoms with Crippen LogP contribution in [0.2, 0.25) is 0 Å². The Morgan fingerprint density at radius 1 is 0.905 bits per heavy atom. The van der Waals surface area contributed by atoms with Crippen LogP contribution in [0.3, 0.4) is 0 Å². The van der Waals surface area contributed by atoms with Crippen LogP contribution >= 0.6 is 0 Å². The van der Waals surface area contributed by atoms with E-state index in [9.17, 15) is 0 Å². The highest BCUT2D eigenvalue weighted by Gasteiger charge is 2.12. The van der Waals surface area contributed by atoms with E-state index in [-0.39, 0.29) is 0 Å². The largest absolute Gasteiger partial charge is 0.358 e. The maximum atomic E-state index is 4.09. The quantitative estimate of drug-likeness (QED) is 0.554. The minimum absolute atomic E-state index is 0.333. The van der Waals surface area contributed by atoms with Crippen LogP contribution in [0.15, 0.2) is 67.0 Å². The molecule has 0 saturated heterocycles.